The van der Waals surface area contributed by atoms with Crippen LogP contribution in [0.2, 0.25) is 0 Å². The highest BCUT2D eigenvalue weighted by Crippen LogP contribution is 2.22. The standard InChI is InChI=1S/C14H15N3O2/c1-10-3-5-13(15-8-10)9-16-12-6-4-11(2)14(7-12)17(18)19/h3-8,16H,9H2,1-2H3. The van der Waals surface area contributed by atoms with Gasteiger partial charge in [-0.1, -0.05) is 12.1 Å². The fourth-order valence-electron chi connectivity index (χ4n) is 1.71. The number of nitrogens with one attached hydrogen (secondary N) is 1. The predicted octanol–water partition coefficient (Wildman–Crippen LogP) is 3.22. The Labute approximate surface area is 111 Å². The number of nitrogens with zero attached hydrogens (tertiary/aromatic N) is 2. The van der Waals surface area contributed by atoms with Gasteiger partial charge < -0.3 is 5.32 Å². The highest BCUT2D eigenvalue weighted by atomic mass is 16.6. The highest BCUT2D eigenvalue weighted by molar-refractivity contribution is 5.54. The average Bonchev–Trinajstić information content (AvgIpc) is 2.39. The summed E-state index contributed by atoms with van der Waals surface area (Å²) >= 11 is 0. The van der Waals surface area contributed by atoms with Gasteiger partial charge in [-0.3, -0.25) is 15.1 Å². The Morgan fingerprint density at radius 3 is 2.68 bits per heavy atom. The fraction of sp³-hybridized carbons (Fsp3) is 0.214. The number of nitro benzene ring substituents is 1. The molecule has 0 saturated carbocycles. The van der Waals surface area contributed by atoms with E-state index in [-0.39, 0.29) is 10.6 Å². The van der Waals surface area contributed by atoms with Crippen LogP contribution in [0.3, 0.4) is 0 Å². The molecule has 0 atom stereocenters. The molecule has 0 aliphatic rings. The first-order valence-corrected chi connectivity index (χ1v) is 5.97. The number of benzene rings is 1. The first-order valence-electron chi connectivity index (χ1n) is 5.97. The average molecular weight is 257 g/mol. The maximum atomic E-state index is 10.9. The summed E-state index contributed by atoms with van der Waals surface area (Å²) in [6, 6.07) is 9.04. The first-order chi connectivity index (χ1) is 9.06. The molecule has 0 aliphatic carbocycles. The molecular weight excluding hydrogens is 242 g/mol. The fourth-order valence-corrected chi connectivity index (χ4v) is 1.71. The zero-order chi connectivity index (χ0) is 13.8. The molecule has 1 N–H and O–H groups in total. The van der Waals surface area contributed by atoms with Crippen LogP contribution in [0, 0.1) is 24.0 Å². The van der Waals surface area contributed by atoms with Gasteiger partial charge >= 0.3 is 0 Å². The van der Waals surface area contributed by atoms with E-state index in [4.69, 9.17) is 0 Å². The van der Waals surface area contributed by atoms with Crippen LogP contribution in [0.25, 0.3) is 0 Å². The van der Waals surface area contributed by atoms with Crippen molar-refractivity contribution in [2.75, 3.05) is 5.32 Å². The molecule has 1 heterocycles. The molecule has 0 radical (unpaired) electrons. The number of hydrogen-bond donors (Lipinski definition) is 1. The lowest BCUT2D eigenvalue weighted by atomic mass is 10.2. The molecule has 0 bridgehead atoms. The summed E-state index contributed by atoms with van der Waals surface area (Å²) in [5.41, 5.74) is 3.51. The van der Waals surface area contributed by atoms with Crippen LogP contribution in [0.15, 0.2) is 36.5 Å². The van der Waals surface area contributed by atoms with Crippen LogP contribution in [0.5, 0.6) is 0 Å². The molecule has 98 valence electrons. The summed E-state index contributed by atoms with van der Waals surface area (Å²) < 4.78 is 0. The maximum absolute atomic E-state index is 10.9. The Morgan fingerprint density at radius 2 is 2.05 bits per heavy atom. The maximum Gasteiger partial charge on any atom is 0.274 e. The molecule has 0 fully saturated rings. The molecule has 0 spiro atoms. The van der Waals surface area contributed by atoms with Crippen molar-refractivity contribution in [1.82, 2.24) is 4.98 Å². The summed E-state index contributed by atoms with van der Waals surface area (Å²) in [7, 11) is 0. The van der Waals surface area contributed by atoms with E-state index >= 15 is 0 Å². The summed E-state index contributed by atoms with van der Waals surface area (Å²) in [5.74, 6) is 0. The molecule has 2 aromatic rings. The zero-order valence-electron chi connectivity index (χ0n) is 10.9. The topological polar surface area (TPSA) is 68.1 Å². The van der Waals surface area contributed by atoms with Gasteiger partial charge in [-0.2, -0.15) is 0 Å². The molecule has 0 unspecified atom stereocenters. The van der Waals surface area contributed by atoms with Crippen LogP contribution in [-0.4, -0.2) is 9.91 Å². The van der Waals surface area contributed by atoms with Crippen LogP contribution in [-0.2, 0) is 6.54 Å². The van der Waals surface area contributed by atoms with Gasteiger partial charge in [-0.15, -0.1) is 0 Å². The Hall–Kier alpha value is -2.43. The molecule has 0 saturated heterocycles. The Morgan fingerprint density at radius 1 is 1.26 bits per heavy atom. The number of nitro groups is 1. The minimum absolute atomic E-state index is 0.127. The third-order valence-corrected chi connectivity index (χ3v) is 2.85. The van der Waals surface area contributed by atoms with Crippen molar-refractivity contribution in [2.24, 2.45) is 0 Å². The van der Waals surface area contributed by atoms with Gasteiger partial charge in [0, 0.05) is 23.5 Å². The largest absolute Gasteiger partial charge is 0.379 e. The molecular formula is C14H15N3O2. The Bertz CT molecular complexity index is 594. The monoisotopic (exact) mass is 257 g/mol. The lowest BCUT2D eigenvalue weighted by Gasteiger charge is -2.07. The summed E-state index contributed by atoms with van der Waals surface area (Å²) in [4.78, 5) is 14.8. The minimum Gasteiger partial charge on any atom is -0.379 e. The van der Waals surface area contributed by atoms with Crippen LogP contribution in [0.1, 0.15) is 16.8 Å². The van der Waals surface area contributed by atoms with E-state index < -0.39 is 0 Å². The molecule has 1 aromatic heterocycles. The van der Waals surface area contributed by atoms with Gasteiger partial charge in [0.25, 0.3) is 5.69 Å². The van der Waals surface area contributed by atoms with Crippen LogP contribution in [0.4, 0.5) is 11.4 Å². The van der Waals surface area contributed by atoms with Crippen molar-refractivity contribution in [1.29, 1.82) is 0 Å². The summed E-state index contributed by atoms with van der Waals surface area (Å²) in [5, 5.41) is 14.0. The van der Waals surface area contributed by atoms with Crippen molar-refractivity contribution in [3.63, 3.8) is 0 Å². The van der Waals surface area contributed by atoms with Gasteiger partial charge in [-0.25, -0.2) is 0 Å². The lowest BCUT2D eigenvalue weighted by molar-refractivity contribution is -0.385. The number of aryl methyl sites for hydroxylation is 2. The molecule has 19 heavy (non-hydrogen) atoms. The third-order valence-electron chi connectivity index (χ3n) is 2.85. The zero-order valence-corrected chi connectivity index (χ0v) is 10.9. The second-order valence-electron chi connectivity index (χ2n) is 4.44. The van der Waals surface area contributed by atoms with E-state index in [9.17, 15) is 10.1 Å². The van der Waals surface area contributed by atoms with Crippen molar-refractivity contribution in [2.45, 2.75) is 20.4 Å². The first kappa shape index (κ1) is 13.0. The molecule has 5 heteroatoms. The van der Waals surface area contributed by atoms with E-state index in [0.717, 1.165) is 16.9 Å². The lowest BCUT2D eigenvalue weighted by Crippen LogP contribution is -2.02. The molecule has 2 rings (SSSR count). The SMILES string of the molecule is Cc1ccc(CNc2ccc(C)c([N+](=O)[O-])c2)nc1. The quantitative estimate of drug-likeness (QED) is 0.674. The minimum atomic E-state index is -0.370. The molecule has 1 aromatic carbocycles. The number of pyridine rings is 1. The Kier molecular flexibility index (Phi) is 3.75. The van der Waals surface area contributed by atoms with E-state index in [1.165, 1.54) is 0 Å². The third kappa shape index (κ3) is 3.28. The molecule has 5 nitrogen and oxygen atoms in total. The van der Waals surface area contributed by atoms with Gasteiger partial charge in [-0.05, 0) is 31.5 Å². The van der Waals surface area contributed by atoms with Crippen molar-refractivity contribution < 1.29 is 4.92 Å². The normalized spacial score (nSPS) is 10.2. The summed E-state index contributed by atoms with van der Waals surface area (Å²) in [6.07, 6.45) is 1.80. The van der Waals surface area contributed by atoms with Gasteiger partial charge in [0.1, 0.15) is 0 Å². The van der Waals surface area contributed by atoms with Crippen LogP contribution >= 0.6 is 0 Å². The van der Waals surface area contributed by atoms with Gasteiger partial charge in [0.05, 0.1) is 17.2 Å². The number of rotatable bonds is 4. The van der Waals surface area contributed by atoms with E-state index in [0.29, 0.717) is 12.1 Å². The van der Waals surface area contributed by atoms with E-state index in [1.807, 2.05) is 25.1 Å². The Balaban J connectivity index is 2.09. The van der Waals surface area contributed by atoms with E-state index in [2.05, 4.69) is 10.3 Å². The molecule has 0 amide bonds. The second kappa shape index (κ2) is 5.48. The predicted molar refractivity (Wildman–Crippen MR) is 74.1 cm³/mol. The highest BCUT2D eigenvalue weighted by Gasteiger charge is 2.10. The number of aromatic nitrogens is 1. The van der Waals surface area contributed by atoms with Crippen molar-refractivity contribution >= 4 is 11.4 Å². The second-order valence-corrected chi connectivity index (χ2v) is 4.44. The van der Waals surface area contributed by atoms with Gasteiger partial charge in [0.15, 0.2) is 0 Å². The number of anilines is 1. The van der Waals surface area contributed by atoms with E-state index in [1.54, 1.807) is 25.3 Å². The molecule has 0 aliphatic heterocycles. The summed E-state index contributed by atoms with van der Waals surface area (Å²) in [6.45, 7) is 4.25. The van der Waals surface area contributed by atoms with Gasteiger partial charge in [0.2, 0.25) is 0 Å². The van der Waals surface area contributed by atoms with Crippen molar-refractivity contribution in [3.8, 4) is 0 Å². The smallest absolute Gasteiger partial charge is 0.274 e. The van der Waals surface area contributed by atoms with Crippen molar-refractivity contribution in [3.05, 3.63) is 63.5 Å². The van der Waals surface area contributed by atoms with Crippen LogP contribution < -0.4 is 5.32 Å². The number of hydrogen-bond acceptors (Lipinski definition) is 4.